The minimum absolute atomic E-state index is 0.0434. The van der Waals surface area contributed by atoms with Crippen LogP contribution in [0.15, 0.2) is 11.6 Å². The van der Waals surface area contributed by atoms with Gasteiger partial charge >= 0.3 is 12.2 Å². The summed E-state index contributed by atoms with van der Waals surface area (Å²) in [4.78, 5) is 24.4. The van der Waals surface area contributed by atoms with Gasteiger partial charge in [-0.3, -0.25) is 0 Å². The molecule has 0 saturated heterocycles. The zero-order chi connectivity index (χ0) is 39.2. The quantitative estimate of drug-likeness (QED) is 0.0945. The fourth-order valence-electron chi connectivity index (χ4n) is 10.3. The zero-order valence-electron chi connectivity index (χ0n) is 35.5. The first kappa shape index (κ1) is 45.5. The number of nitrogens with one attached hydrogen (secondary N) is 2. The lowest BCUT2D eigenvalue weighted by Gasteiger charge is -2.58. The number of aliphatic hydroxyl groups is 1. The molecule has 0 heterocycles. The number of amides is 2. The molecule has 3 N–H and O–H groups in total. The second-order valence-electron chi connectivity index (χ2n) is 19.0. The van der Waals surface area contributed by atoms with Crippen LogP contribution in [-0.2, 0) is 18.9 Å². The normalized spacial score (nSPS) is 29.9. The Labute approximate surface area is 323 Å². The SMILES string of the molecule is CC(C)C.CC(C)CCCC(C)C1CCC2C3CC=C4CC(OC(=O)NCCOCCOCCNC(=O)OC(C)(C)CCO)CC[C@]4(C)C3CC[C@]12C. The molecule has 0 aromatic rings. The van der Waals surface area contributed by atoms with E-state index < -0.39 is 11.7 Å². The number of rotatable bonds is 18. The number of hydrogen-bond acceptors (Lipinski definition) is 7. The van der Waals surface area contributed by atoms with Crippen LogP contribution in [-0.4, -0.2) is 75.1 Å². The minimum atomic E-state index is -0.716. The first-order valence-electron chi connectivity index (χ1n) is 21.4. The van der Waals surface area contributed by atoms with Crippen molar-refractivity contribution in [2.45, 2.75) is 158 Å². The molecule has 4 aliphatic rings. The van der Waals surface area contributed by atoms with E-state index in [1.807, 2.05) is 0 Å². The Hall–Kier alpha value is -1.84. The number of carbonyl (C=O) groups excluding carboxylic acids is 2. The van der Waals surface area contributed by atoms with E-state index in [1.54, 1.807) is 19.4 Å². The molecule has 53 heavy (non-hydrogen) atoms. The van der Waals surface area contributed by atoms with Crippen LogP contribution in [0.2, 0.25) is 0 Å². The predicted molar refractivity (Wildman–Crippen MR) is 214 cm³/mol. The highest BCUT2D eigenvalue weighted by Gasteiger charge is 2.59. The van der Waals surface area contributed by atoms with Crippen molar-refractivity contribution < 1.29 is 33.6 Å². The third-order valence-corrected chi connectivity index (χ3v) is 13.0. The van der Waals surface area contributed by atoms with Gasteiger partial charge in [-0.1, -0.05) is 86.3 Å². The van der Waals surface area contributed by atoms with Crippen molar-refractivity contribution in [1.82, 2.24) is 10.6 Å². The lowest BCUT2D eigenvalue weighted by molar-refractivity contribution is -0.0581. The van der Waals surface area contributed by atoms with Gasteiger partial charge in [-0.15, -0.1) is 0 Å². The maximum atomic E-state index is 12.6. The third-order valence-electron chi connectivity index (χ3n) is 13.0. The standard InChI is InChI=1S/C40H70N2O7.C4H10/c1-28(2)9-8-10-29(3)33-13-14-34-32-12-11-30-27-31(15-17-39(30,6)35(32)16-18-40(33,34)7)48-36(44)41-20-23-46-25-26-47-24-21-42-37(45)49-38(4,5)19-22-43;1-4(2)3/h11,28-29,31-35,43H,8-10,12-27H2,1-7H3,(H,41,44)(H,42,45);4H,1-3H3/t29?,31?,32?,33?,34?,35?,39-,40+;/m0./s1. The Balaban J connectivity index is 0.00000180. The van der Waals surface area contributed by atoms with Crippen LogP contribution in [0.25, 0.3) is 0 Å². The van der Waals surface area contributed by atoms with Crippen molar-refractivity contribution in [3.05, 3.63) is 11.6 Å². The van der Waals surface area contributed by atoms with E-state index in [4.69, 9.17) is 24.1 Å². The smallest absolute Gasteiger partial charge is 0.407 e. The Morgan fingerprint density at radius 2 is 1.51 bits per heavy atom. The summed E-state index contributed by atoms with van der Waals surface area (Å²) in [6.07, 6.45) is 15.8. The van der Waals surface area contributed by atoms with Gasteiger partial charge in [0, 0.05) is 32.5 Å². The van der Waals surface area contributed by atoms with Gasteiger partial charge < -0.3 is 34.7 Å². The summed E-state index contributed by atoms with van der Waals surface area (Å²) in [7, 11) is 0. The molecule has 0 aliphatic heterocycles. The summed E-state index contributed by atoms with van der Waals surface area (Å²) in [5.74, 6) is 5.79. The molecule has 3 fully saturated rings. The van der Waals surface area contributed by atoms with Gasteiger partial charge in [-0.05, 0) is 111 Å². The van der Waals surface area contributed by atoms with Gasteiger partial charge in [-0.2, -0.15) is 0 Å². The summed E-state index contributed by atoms with van der Waals surface area (Å²) >= 11 is 0. The summed E-state index contributed by atoms with van der Waals surface area (Å²) < 4.78 is 22.2. The van der Waals surface area contributed by atoms with E-state index in [0.29, 0.717) is 51.4 Å². The number of carbonyl (C=O) groups is 2. The molecule has 8 atom stereocenters. The van der Waals surface area contributed by atoms with E-state index in [0.717, 1.165) is 60.7 Å². The monoisotopic (exact) mass is 749 g/mol. The molecule has 4 rings (SSSR count). The molecule has 6 unspecified atom stereocenters. The average molecular weight is 749 g/mol. The zero-order valence-corrected chi connectivity index (χ0v) is 35.5. The molecule has 4 aliphatic carbocycles. The van der Waals surface area contributed by atoms with Crippen molar-refractivity contribution in [2.24, 2.45) is 52.3 Å². The predicted octanol–water partition coefficient (Wildman–Crippen LogP) is 9.71. The number of aliphatic hydroxyl groups excluding tert-OH is 1. The second-order valence-corrected chi connectivity index (χ2v) is 19.0. The van der Waals surface area contributed by atoms with Crippen molar-refractivity contribution in [3.63, 3.8) is 0 Å². The molecule has 0 aromatic carbocycles. The molecule has 3 saturated carbocycles. The van der Waals surface area contributed by atoms with Crippen LogP contribution in [0.1, 0.15) is 146 Å². The van der Waals surface area contributed by atoms with E-state index in [9.17, 15) is 9.59 Å². The summed E-state index contributed by atoms with van der Waals surface area (Å²) in [6.45, 7) is 24.6. The summed E-state index contributed by atoms with van der Waals surface area (Å²) in [5, 5.41) is 14.5. The average Bonchev–Trinajstić information content (AvgIpc) is 3.42. The Morgan fingerprint density at radius 3 is 2.13 bits per heavy atom. The molecule has 0 bridgehead atoms. The van der Waals surface area contributed by atoms with Gasteiger partial charge in [0.1, 0.15) is 11.7 Å². The Kier molecular flexibility index (Phi) is 18.4. The van der Waals surface area contributed by atoms with Crippen LogP contribution < -0.4 is 10.6 Å². The lowest BCUT2D eigenvalue weighted by Crippen LogP contribution is -2.51. The molecule has 9 heteroatoms. The Morgan fingerprint density at radius 1 is 0.868 bits per heavy atom. The van der Waals surface area contributed by atoms with Crippen LogP contribution in [0.5, 0.6) is 0 Å². The molecule has 2 amide bonds. The fraction of sp³-hybridized carbons (Fsp3) is 0.909. The molecule has 9 nitrogen and oxygen atoms in total. The molecule has 0 radical (unpaired) electrons. The summed E-state index contributed by atoms with van der Waals surface area (Å²) in [5.41, 5.74) is 1.57. The van der Waals surface area contributed by atoms with Crippen LogP contribution >= 0.6 is 0 Å². The lowest BCUT2D eigenvalue weighted by atomic mass is 9.47. The maximum absolute atomic E-state index is 12.6. The van der Waals surface area contributed by atoms with E-state index in [1.165, 1.54) is 51.4 Å². The van der Waals surface area contributed by atoms with Crippen molar-refractivity contribution in [2.75, 3.05) is 46.1 Å². The van der Waals surface area contributed by atoms with E-state index >= 15 is 0 Å². The van der Waals surface area contributed by atoms with E-state index in [2.05, 4.69) is 72.1 Å². The topological polar surface area (TPSA) is 115 Å². The van der Waals surface area contributed by atoms with Gasteiger partial charge in [0.05, 0.1) is 26.4 Å². The number of ether oxygens (including phenoxy) is 4. The van der Waals surface area contributed by atoms with Crippen LogP contribution in [0.4, 0.5) is 9.59 Å². The molecule has 0 aromatic heterocycles. The highest BCUT2D eigenvalue weighted by atomic mass is 16.6. The molecular formula is C44H80N2O7. The molecular weight excluding hydrogens is 668 g/mol. The first-order chi connectivity index (χ1) is 25.0. The molecule has 0 spiro atoms. The maximum Gasteiger partial charge on any atom is 0.407 e. The fourth-order valence-corrected chi connectivity index (χ4v) is 10.3. The van der Waals surface area contributed by atoms with Crippen LogP contribution in [0, 0.1) is 52.3 Å². The van der Waals surface area contributed by atoms with E-state index in [-0.39, 0.29) is 24.2 Å². The number of hydrogen-bond donors (Lipinski definition) is 3. The van der Waals surface area contributed by atoms with Crippen LogP contribution in [0.3, 0.4) is 0 Å². The number of allylic oxidation sites excluding steroid dienone is 1. The second kappa shape index (κ2) is 21.5. The van der Waals surface area contributed by atoms with Gasteiger partial charge in [0.25, 0.3) is 0 Å². The van der Waals surface area contributed by atoms with Crippen molar-refractivity contribution >= 4 is 12.2 Å². The minimum Gasteiger partial charge on any atom is -0.446 e. The van der Waals surface area contributed by atoms with Gasteiger partial charge in [0.2, 0.25) is 0 Å². The van der Waals surface area contributed by atoms with Crippen molar-refractivity contribution in [1.29, 1.82) is 0 Å². The highest BCUT2D eigenvalue weighted by Crippen LogP contribution is 2.67. The summed E-state index contributed by atoms with van der Waals surface area (Å²) in [6, 6.07) is 0. The molecule has 308 valence electrons. The number of fused-ring (bicyclic) bond motifs is 5. The largest absolute Gasteiger partial charge is 0.446 e. The van der Waals surface area contributed by atoms with Gasteiger partial charge in [0.15, 0.2) is 0 Å². The Bertz CT molecular complexity index is 1140. The first-order valence-corrected chi connectivity index (χ1v) is 21.4. The number of alkyl carbamates (subject to hydrolysis) is 2. The third kappa shape index (κ3) is 13.7. The highest BCUT2D eigenvalue weighted by molar-refractivity contribution is 5.67. The van der Waals surface area contributed by atoms with Gasteiger partial charge in [-0.25, -0.2) is 9.59 Å². The van der Waals surface area contributed by atoms with Crippen molar-refractivity contribution in [3.8, 4) is 0 Å².